The molecule has 24 heteroatoms. The summed E-state index contributed by atoms with van der Waals surface area (Å²) >= 11 is 7.62. The largest absolute Gasteiger partial charge is 0.450 e. The van der Waals surface area contributed by atoms with E-state index < -0.39 is 114 Å². The molecule has 3 saturated carbocycles. The Morgan fingerprint density at radius 2 is 1.37 bits per heavy atom. The lowest BCUT2D eigenvalue weighted by atomic mass is 9.45. The molecule has 9 N–H and O–H groups in total. The number of nitrogens with two attached hydrogens (primary N) is 1. The number of hydrogen-bond acceptors (Lipinski definition) is 17. The van der Waals surface area contributed by atoms with E-state index in [1.54, 1.807) is 49.4 Å². The summed E-state index contributed by atoms with van der Waals surface area (Å²) in [6, 6.07) is 7.63. The van der Waals surface area contributed by atoms with Crippen molar-refractivity contribution in [1.82, 2.24) is 31.9 Å². The molecule has 4 aliphatic rings. The van der Waals surface area contributed by atoms with E-state index in [-0.39, 0.29) is 75.5 Å². The Labute approximate surface area is 466 Å². The Morgan fingerprint density at radius 3 is 2.04 bits per heavy atom. The summed E-state index contributed by atoms with van der Waals surface area (Å²) in [4.78, 5) is 114. The summed E-state index contributed by atoms with van der Waals surface area (Å²) in [6.45, 7) is 7.86. The van der Waals surface area contributed by atoms with Crippen LogP contribution in [0.2, 0.25) is 0 Å². The third-order valence-electron chi connectivity index (χ3n) is 15.5. The van der Waals surface area contributed by atoms with E-state index in [1.165, 1.54) is 6.08 Å². The van der Waals surface area contributed by atoms with Crippen molar-refractivity contribution in [2.24, 2.45) is 34.3 Å². The van der Waals surface area contributed by atoms with Crippen molar-refractivity contribution < 1.29 is 76.7 Å². The number of ketones is 2. The van der Waals surface area contributed by atoms with Crippen LogP contribution in [-0.4, -0.2) is 180 Å². The molecular formula is C55H80ClN7O16. The van der Waals surface area contributed by atoms with E-state index in [0.717, 1.165) is 5.57 Å². The van der Waals surface area contributed by atoms with E-state index in [0.29, 0.717) is 70.9 Å². The van der Waals surface area contributed by atoms with Crippen molar-refractivity contribution in [3.63, 3.8) is 0 Å². The van der Waals surface area contributed by atoms with Gasteiger partial charge in [0.25, 0.3) is 0 Å². The third-order valence-corrected chi connectivity index (χ3v) is 16.5. The van der Waals surface area contributed by atoms with Crippen LogP contribution in [0.15, 0.2) is 54.1 Å². The predicted octanol–water partition coefficient (Wildman–Crippen LogP) is 0.222. The van der Waals surface area contributed by atoms with E-state index in [2.05, 4.69) is 31.9 Å². The fourth-order valence-electron chi connectivity index (χ4n) is 11.6. The van der Waals surface area contributed by atoms with Crippen molar-refractivity contribution in [2.75, 3.05) is 98.9 Å². The van der Waals surface area contributed by atoms with Crippen LogP contribution in [0.1, 0.15) is 78.2 Å². The maximum atomic E-state index is 14.6. The van der Waals surface area contributed by atoms with Gasteiger partial charge in [0.05, 0.1) is 83.5 Å². The molecule has 0 bridgehead atoms. The summed E-state index contributed by atoms with van der Waals surface area (Å²) in [5, 5.41) is 27.2. The van der Waals surface area contributed by atoms with Gasteiger partial charge in [0, 0.05) is 55.5 Å². The summed E-state index contributed by atoms with van der Waals surface area (Å²) < 4.78 is 33.5. The summed E-state index contributed by atoms with van der Waals surface area (Å²) in [5.74, 6) is -5.66. The number of aliphatic hydroxyl groups is 1. The minimum Gasteiger partial charge on any atom is -0.450 e. The van der Waals surface area contributed by atoms with Crippen LogP contribution in [0.25, 0.3) is 0 Å². The molecule has 4 aliphatic carbocycles. The van der Waals surface area contributed by atoms with Gasteiger partial charge in [-0.15, -0.1) is 11.6 Å². The first-order valence-corrected chi connectivity index (χ1v) is 27.5. The van der Waals surface area contributed by atoms with Crippen LogP contribution in [0.4, 0.5) is 0 Å². The topological polar surface area (TPSA) is 327 Å². The Morgan fingerprint density at radius 1 is 0.759 bits per heavy atom. The number of fused-ring (bicyclic) bond motifs is 5. The van der Waals surface area contributed by atoms with Gasteiger partial charge in [-0.25, -0.2) is 0 Å². The molecule has 0 aliphatic heterocycles. The molecule has 0 spiro atoms. The zero-order valence-electron chi connectivity index (χ0n) is 45.8. The number of rotatable bonds is 34. The number of Topliss-reactive ketones (excluding diaryl/α,β-unsaturated/α-hetero) is 1. The van der Waals surface area contributed by atoms with E-state index in [1.807, 2.05) is 20.8 Å². The predicted molar refractivity (Wildman–Crippen MR) is 286 cm³/mol. The molecule has 0 unspecified atom stereocenters. The van der Waals surface area contributed by atoms with Gasteiger partial charge in [-0.2, -0.15) is 0 Å². The number of aliphatic hydroxyl groups excluding tert-OH is 1. The minimum atomic E-state index is -1.70. The molecule has 6 amide bonds. The van der Waals surface area contributed by atoms with Crippen LogP contribution in [-0.2, 0) is 78.0 Å². The summed E-state index contributed by atoms with van der Waals surface area (Å²) in [5.41, 5.74) is 3.28. The number of ether oxygens (including phenoxy) is 6. The highest BCUT2D eigenvalue weighted by Gasteiger charge is 2.76. The van der Waals surface area contributed by atoms with Crippen molar-refractivity contribution >= 4 is 64.6 Å². The first-order chi connectivity index (χ1) is 37.7. The van der Waals surface area contributed by atoms with Gasteiger partial charge in [-0.1, -0.05) is 69.7 Å². The van der Waals surface area contributed by atoms with Crippen molar-refractivity contribution in [3.05, 3.63) is 59.7 Å². The lowest BCUT2D eigenvalue weighted by Gasteiger charge is -2.64. The number of carbonyl (C=O) groups excluding carboxylic acids is 9. The minimum absolute atomic E-state index is 0.00664. The van der Waals surface area contributed by atoms with Crippen LogP contribution in [0, 0.1) is 28.6 Å². The molecule has 438 valence electrons. The standard InChI is InChI=1S/C55H80ClN7O16/c1-5-50(72)79-55(36(2)27-41-40-12-11-38-29-39(64)13-16-52(38,3)54(40,56)43(65)30-53(41,55)4)44(66)34-78-35-62-48(70)32-61-51(73)42(28-37-9-7-6-8-10-37)63-49(71)33-60-47(69)31-59-46(68)15-19-74-21-23-76-25-26-77-24-22-75-20-18-58-45(67)14-17-57/h6-10,13,16,29,36,40-43,65H,5,11-12,14-15,17-28,30-35,57H2,1-4H3,(H,58,67)(H,59,68)(H,60,69)(H,61,73)(H,62,70)(H,63,71)/t36-,40-,41-,42-,43-,52-,53-,54-,55-/m0/s1. The van der Waals surface area contributed by atoms with Gasteiger partial charge in [0.2, 0.25) is 41.2 Å². The molecule has 79 heavy (non-hydrogen) atoms. The molecular weight excluding hydrogens is 1050 g/mol. The van der Waals surface area contributed by atoms with Crippen LogP contribution < -0.4 is 37.6 Å². The number of hydrogen-bond donors (Lipinski definition) is 8. The average Bonchev–Trinajstić information content (AvgIpc) is 2.75. The second-order valence-corrected chi connectivity index (χ2v) is 21.3. The van der Waals surface area contributed by atoms with Gasteiger partial charge in [0.15, 0.2) is 11.4 Å². The molecule has 0 aromatic heterocycles. The smallest absolute Gasteiger partial charge is 0.306 e. The molecule has 1 aromatic carbocycles. The zero-order chi connectivity index (χ0) is 57.6. The SMILES string of the molecule is CCC(=O)O[C@]1(C(=O)COCNC(=O)CNC(=O)[C@H](Cc2ccccc2)NC(=O)CNC(=O)CNC(=O)CCOCCOCCOCCOCCNC(=O)CCN)[C@@H](C)C[C@H]2[C@@H]3CCC4=CC(=O)C=C[C@]4(C)[C@@]3(Cl)[C@@H](O)C[C@@]21C. The van der Waals surface area contributed by atoms with Crippen molar-refractivity contribution in [2.45, 2.75) is 102 Å². The third kappa shape index (κ3) is 16.7. The normalized spacial score (nSPS) is 26.0. The number of alkyl halides is 1. The van der Waals surface area contributed by atoms with E-state index in [4.69, 9.17) is 45.8 Å². The Bertz CT molecular complexity index is 2360. The Kier molecular flexibility index (Phi) is 25.0. The second-order valence-electron chi connectivity index (χ2n) is 20.6. The molecule has 0 heterocycles. The fraction of sp³-hybridized carbons (Fsp3) is 0.655. The first kappa shape index (κ1) is 64.2. The lowest BCUT2D eigenvalue weighted by molar-refractivity contribution is -0.203. The lowest BCUT2D eigenvalue weighted by Crippen LogP contribution is -2.69. The van der Waals surface area contributed by atoms with Gasteiger partial charge >= 0.3 is 5.97 Å². The number of amides is 6. The maximum Gasteiger partial charge on any atom is 0.306 e. The molecule has 0 saturated heterocycles. The number of esters is 1. The Hall–Kier alpha value is -5.66. The zero-order valence-corrected chi connectivity index (χ0v) is 46.6. The molecule has 9 atom stereocenters. The van der Waals surface area contributed by atoms with Crippen LogP contribution >= 0.6 is 11.6 Å². The van der Waals surface area contributed by atoms with E-state index >= 15 is 0 Å². The number of halogens is 1. The van der Waals surface area contributed by atoms with Crippen LogP contribution in [0.3, 0.4) is 0 Å². The maximum absolute atomic E-state index is 14.6. The quantitative estimate of drug-likeness (QED) is 0.0198. The van der Waals surface area contributed by atoms with Gasteiger partial charge < -0.3 is 71.2 Å². The average molecular weight is 1130 g/mol. The molecule has 5 rings (SSSR count). The molecule has 3 fully saturated rings. The monoisotopic (exact) mass is 1130 g/mol. The van der Waals surface area contributed by atoms with E-state index in [9.17, 15) is 48.3 Å². The number of benzene rings is 1. The fourth-order valence-corrected chi connectivity index (χ4v) is 12.1. The summed E-state index contributed by atoms with van der Waals surface area (Å²) in [6.07, 6.45) is 5.63. The van der Waals surface area contributed by atoms with Crippen LogP contribution in [0.5, 0.6) is 0 Å². The molecule has 0 radical (unpaired) electrons. The van der Waals surface area contributed by atoms with Crippen molar-refractivity contribution in [3.8, 4) is 0 Å². The number of carbonyl (C=O) groups is 9. The molecule has 23 nitrogen and oxygen atoms in total. The van der Waals surface area contributed by atoms with Gasteiger partial charge in [0.1, 0.15) is 19.4 Å². The van der Waals surface area contributed by atoms with Gasteiger partial charge in [-0.05, 0) is 55.2 Å². The Balaban J connectivity index is 1.00. The van der Waals surface area contributed by atoms with Gasteiger partial charge in [-0.3, -0.25) is 43.2 Å². The highest BCUT2D eigenvalue weighted by molar-refractivity contribution is 6.26. The molecule has 1 aromatic rings. The second kappa shape index (κ2) is 30.8. The highest BCUT2D eigenvalue weighted by atomic mass is 35.5. The first-order valence-electron chi connectivity index (χ1n) is 27.1. The number of nitrogens with one attached hydrogen (secondary N) is 6. The summed E-state index contributed by atoms with van der Waals surface area (Å²) in [7, 11) is 0. The number of allylic oxidation sites excluding steroid dienone is 4. The van der Waals surface area contributed by atoms with Crippen molar-refractivity contribution in [1.29, 1.82) is 0 Å². The highest BCUT2D eigenvalue weighted by Crippen LogP contribution is 2.72.